The van der Waals surface area contributed by atoms with Gasteiger partial charge in [0.2, 0.25) is 5.52 Å². The SMILES string of the molecule is O=S(=O)([O-])CCC[n+]1cccc2ccccc21. The average molecular weight is 251 g/mol. The zero-order valence-electron chi connectivity index (χ0n) is 9.24. The first-order valence-electron chi connectivity index (χ1n) is 5.37. The molecule has 0 radical (unpaired) electrons. The van der Waals surface area contributed by atoms with Crippen molar-refractivity contribution in [2.45, 2.75) is 13.0 Å². The number of para-hydroxylation sites is 1. The van der Waals surface area contributed by atoms with Crippen molar-refractivity contribution in [2.24, 2.45) is 0 Å². The topological polar surface area (TPSA) is 61.1 Å². The summed E-state index contributed by atoms with van der Waals surface area (Å²) >= 11 is 0. The van der Waals surface area contributed by atoms with Crippen molar-refractivity contribution in [1.29, 1.82) is 0 Å². The summed E-state index contributed by atoms with van der Waals surface area (Å²) < 4.78 is 33.5. The van der Waals surface area contributed by atoms with E-state index in [0.29, 0.717) is 13.0 Å². The highest BCUT2D eigenvalue weighted by Gasteiger charge is 2.07. The molecule has 0 atom stereocenters. The molecule has 0 saturated carbocycles. The van der Waals surface area contributed by atoms with E-state index in [-0.39, 0.29) is 5.75 Å². The quantitative estimate of drug-likeness (QED) is 0.603. The average Bonchev–Trinajstić information content (AvgIpc) is 2.28. The molecule has 2 aromatic rings. The van der Waals surface area contributed by atoms with Crippen LogP contribution < -0.4 is 4.57 Å². The molecule has 2 rings (SSSR count). The van der Waals surface area contributed by atoms with Gasteiger partial charge >= 0.3 is 0 Å². The molecule has 0 N–H and O–H groups in total. The Labute approximate surface area is 100 Å². The largest absolute Gasteiger partial charge is 0.748 e. The summed E-state index contributed by atoms with van der Waals surface area (Å²) in [7, 11) is -4.11. The predicted octanol–water partition coefficient (Wildman–Crippen LogP) is 1.06. The van der Waals surface area contributed by atoms with Gasteiger partial charge in [0.15, 0.2) is 6.20 Å². The second-order valence-electron chi connectivity index (χ2n) is 3.88. The van der Waals surface area contributed by atoms with Crippen molar-refractivity contribution in [3.8, 4) is 0 Å². The molecule has 17 heavy (non-hydrogen) atoms. The fourth-order valence-corrected chi connectivity index (χ4v) is 2.31. The standard InChI is InChI=1S/C12H13NO3S/c14-17(15,16)10-4-9-13-8-3-6-11-5-1-2-7-12(11)13/h1-3,5-8H,4,9-10H2. The monoisotopic (exact) mass is 251 g/mol. The molecule has 0 spiro atoms. The summed E-state index contributed by atoms with van der Waals surface area (Å²) in [5, 5.41) is 1.10. The highest BCUT2D eigenvalue weighted by molar-refractivity contribution is 7.85. The minimum atomic E-state index is -4.11. The van der Waals surface area contributed by atoms with Gasteiger partial charge in [-0.3, -0.25) is 0 Å². The van der Waals surface area contributed by atoms with Gasteiger partial charge in [0, 0.05) is 29.7 Å². The molecule has 4 nitrogen and oxygen atoms in total. The van der Waals surface area contributed by atoms with Crippen LogP contribution in [-0.4, -0.2) is 18.7 Å². The van der Waals surface area contributed by atoms with Crippen LogP contribution in [0.3, 0.4) is 0 Å². The number of pyridine rings is 1. The van der Waals surface area contributed by atoms with Crippen LogP contribution >= 0.6 is 0 Å². The third-order valence-corrected chi connectivity index (χ3v) is 3.37. The summed E-state index contributed by atoms with van der Waals surface area (Å²) in [6.07, 6.45) is 2.23. The molecule has 0 aliphatic heterocycles. The van der Waals surface area contributed by atoms with Crippen LogP contribution in [0, 0.1) is 0 Å². The first-order chi connectivity index (χ1) is 8.06. The molecule has 0 amide bonds. The summed E-state index contributed by atoms with van der Waals surface area (Å²) in [4.78, 5) is 0. The Kier molecular flexibility index (Phi) is 3.40. The first-order valence-corrected chi connectivity index (χ1v) is 6.95. The zero-order valence-corrected chi connectivity index (χ0v) is 10.1. The number of benzene rings is 1. The minimum absolute atomic E-state index is 0.316. The fourth-order valence-electron chi connectivity index (χ4n) is 1.83. The molecule has 5 heteroatoms. The summed E-state index contributed by atoms with van der Waals surface area (Å²) in [5.41, 5.74) is 1.04. The van der Waals surface area contributed by atoms with Crippen LogP contribution in [0.4, 0.5) is 0 Å². The number of nitrogens with zero attached hydrogens (tertiary/aromatic N) is 1. The maximum absolute atomic E-state index is 10.5. The third-order valence-electron chi connectivity index (χ3n) is 2.58. The van der Waals surface area contributed by atoms with Gasteiger partial charge in [0.05, 0.1) is 10.1 Å². The van der Waals surface area contributed by atoms with Crippen LogP contribution in [0.15, 0.2) is 42.6 Å². The molecule has 0 aliphatic rings. The van der Waals surface area contributed by atoms with Gasteiger partial charge in [-0.25, -0.2) is 8.42 Å². The van der Waals surface area contributed by atoms with E-state index in [1.807, 2.05) is 47.2 Å². The molecule has 0 fully saturated rings. The van der Waals surface area contributed by atoms with Crippen LogP contribution in [0.5, 0.6) is 0 Å². The molecule has 1 aromatic carbocycles. The van der Waals surface area contributed by atoms with Crippen LogP contribution in [0.25, 0.3) is 10.9 Å². The van der Waals surface area contributed by atoms with Crippen LogP contribution in [0.2, 0.25) is 0 Å². The van der Waals surface area contributed by atoms with Crippen molar-refractivity contribution < 1.29 is 17.5 Å². The summed E-state index contributed by atoms with van der Waals surface area (Å²) in [6, 6.07) is 11.8. The Balaban J connectivity index is 2.19. The predicted molar refractivity (Wildman–Crippen MR) is 63.3 cm³/mol. The summed E-state index contributed by atoms with van der Waals surface area (Å²) in [5.74, 6) is -0.316. The van der Waals surface area contributed by atoms with E-state index in [0.717, 1.165) is 10.9 Å². The van der Waals surface area contributed by atoms with E-state index in [2.05, 4.69) is 0 Å². The van der Waals surface area contributed by atoms with E-state index in [4.69, 9.17) is 0 Å². The highest BCUT2D eigenvalue weighted by atomic mass is 32.2. The number of aryl methyl sites for hydroxylation is 1. The molecule has 90 valence electrons. The Bertz CT molecular complexity index is 617. The Morgan fingerprint density at radius 1 is 1.12 bits per heavy atom. The van der Waals surface area contributed by atoms with Crippen molar-refractivity contribution in [2.75, 3.05) is 5.75 Å². The van der Waals surface area contributed by atoms with E-state index >= 15 is 0 Å². The number of hydrogen-bond donors (Lipinski definition) is 0. The van der Waals surface area contributed by atoms with Crippen LogP contribution in [-0.2, 0) is 16.7 Å². The van der Waals surface area contributed by atoms with Crippen LogP contribution in [0.1, 0.15) is 6.42 Å². The molecular weight excluding hydrogens is 238 g/mol. The maximum atomic E-state index is 10.5. The molecule has 0 saturated heterocycles. The highest BCUT2D eigenvalue weighted by Crippen LogP contribution is 2.07. The van der Waals surface area contributed by atoms with E-state index in [1.165, 1.54) is 0 Å². The molecule has 0 bridgehead atoms. The molecule has 0 aliphatic carbocycles. The van der Waals surface area contributed by atoms with Crippen molar-refractivity contribution in [1.82, 2.24) is 0 Å². The Morgan fingerprint density at radius 2 is 1.82 bits per heavy atom. The minimum Gasteiger partial charge on any atom is -0.748 e. The van der Waals surface area contributed by atoms with Gasteiger partial charge in [0.25, 0.3) is 0 Å². The zero-order chi connectivity index (χ0) is 12.3. The van der Waals surface area contributed by atoms with Gasteiger partial charge in [0.1, 0.15) is 6.54 Å². The number of hydrogen-bond acceptors (Lipinski definition) is 3. The summed E-state index contributed by atoms with van der Waals surface area (Å²) in [6.45, 7) is 0.531. The second kappa shape index (κ2) is 4.81. The van der Waals surface area contributed by atoms with E-state index in [9.17, 15) is 13.0 Å². The van der Waals surface area contributed by atoms with Crippen molar-refractivity contribution >= 4 is 21.0 Å². The van der Waals surface area contributed by atoms with Gasteiger partial charge in [-0.2, -0.15) is 4.57 Å². The lowest BCUT2D eigenvalue weighted by atomic mass is 10.2. The lowest BCUT2D eigenvalue weighted by molar-refractivity contribution is -0.671. The first kappa shape index (κ1) is 12.0. The van der Waals surface area contributed by atoms with Gasteiger partial charge in [-0.15, -0.1) is 0 Å². The Hall–Kier alpha value is -1.46. The fraction of sp³-hybridized carbons (Fsp3) is 0.250. The molecule has 1 heterocycles. The number of fused-ring (bicyclic) bond motifs is 1. The van der Waals surface area contributed by atoms with Gasteiger partial charge < -0.3 is 4.55 Å². The van der Waals surface area contributed by atoms with Crippen molar-refractivity contribution in [3.05, 3.63) is 42.6 Å². The maximum Gasteiger partial charge on any atom is 0.212 e. The van der Waals surface area contributed by atoms with Crippen molar-refractivity contribution in [3.63, 3.8) is 0 Å². The molecular formula is C12H13NO3S. The normalized spacial score (nSPS) is 11.8. The van der Waals surface area contributed by atoms with Gasteiger partial charge in [-0.1, -0.05) is 12.1 Å². The number of rotatable bonds is 4. The molecule has 0 unspecified atom stereocenters. The smallest absolute Gasteiger partial charge is 0.212 e. The van der Waals surface area contributed by atoms with E-state index in [1.54, 1.807) is 0 Å². The number of aromatic nitrogens is 1. The third kappa shape index (κ3) is 3.25. The lowest BCUT2D eigenvalue weighted by Gasteiger charge is -2.05. The molecule has 1 aromatic heterocycles. The lowest BCUT2D eigenvalue weighted by Crippen LogP contribution is -2.34. The van der Waals surface area contributed by atoms with Gasteiger partial charge in [-0.05, 0) is 12.1 Å². The second-order valence-corrected chi connectivity index (χ2v) is 5.40. The van der Waals surface area contributed by atoms with E-state index < -0.39 is 10.1 Å². The Morgan fingerprint density at radius 3 is 2.59 bits per heavy atom.